The van der Waals surface area contributed by atoms with Crippen LogP contribution in [0.1, 0.15) is 0 Å². The molecule has 0 rings (SSSR count). The van der Waals surface area contributed by atoms with Gasteiger partial charge in [-0.05, 0) is 6.08 Å². The first-order valence-corrected chi connectivity index (χ1v) is 10.5. The molecule has 0 bridgehead atoms. The van der Waals surface area contributed by atoms with E-state index < -0.39 is 46.9 Å². The van der Waals surface area contributed by atoms with Crippen molar-refractivity contribution in [3.8, 4) is 0 Å². The SMILES string of the molecule is O=P(O)(O)C(=CC(P(=O)(O)O)P(=O)(O)O)P(=O)(O)O. The largest absolute Gasteiger partial charge is 0.364 e. The maximum Gasteiger partial charge on any atom is 0.364 e. The molecule has 0 unspecified atom stereocenters. The lowest BCUT2D eigenvalue weighted by Crippen LogP contribution is -2.07. The monoisotopic (exact) mass is 362 g/mol. The highest BCUT2D eigenvalue weighted by Gasteiger charge is 2.46. The van der Waals surface area contributed by atoms with E-state index in [2.05, 4.69) is 0 Å². The molecule has 12 nitrogen and oxygen atoms in total. The van der Waals surface area contributed by atoms with Crippen LogP contribution in [0.5, 0.6) is 0 Å². The molecule has 0 spiro atoms. The Labute approximate surface area is 105 Å². The second-order valence-corrected chi connectivity index (χ2v) is 10.6. The lowest BCUT2D eigenvalue weighted by molar-refractivity contribution is 0.346. The van der Waals surface area contributed by atoms with Crippen LogP contribution in [0.15, 0.2) is 11.1 Å². The van der Waals surface area contributed by atoms with Crippen LogP contribution in [0.4, 0.5) is 0 Å². The van der Waals surface area contributed by atoms with E-state index >= 15 is 0 Å². The molecule has 0 aromatic rings. The molecule has 16 heteroatoms. The van der Waals surface area contributed by atoms with Gasteiger partial charge in [0.15, 0.2) is 10.5 Å². The van der Waals surface area contributed by atoms with Crippen LogP contribution in [-0.4, -0.2) is 44.5 Å². The molecular weight excluding hydrogens is 352 g/mol. The van der Waals surface area contributed by atoms with Gasteiger partial charge in [-0.25, -0.2) is 0 Å². The van der Waals surface area contributed by atoms with Crippen molar-refractivity contribution >= 4 is 30.4 Å². The molecular formula is C3H10O12P4. The average molecular weight is 362 g/mol. The summed E-state index contributed by atoms with van der Waals surface area (Å²) in [6.07, 6.45) is -0.469. The van der Waals surface area contributed by atoms with Crippen LogP contribution in [0.3, 0.4) is 0 Å². The Balaban J connectivity index is 6.22. The smallest absolute Gasteiger partial charge is 0.324 e. The van der Waals surface area contributed by atoms with Crippen molar-refractivity contribution in [2.75, 3.05) is 0 Å². The summed E-state index contributed by atoms with van der Waals surface area (Å²) in [5, 5.41) is -5.15. The predicted molar refractivity (Wildman–Crippen MR) is 60.0 cm³/mol. The Kier molecular flexibility index (Phi) is 5.71. The minimum Gasteiger partial charge on any atom is -0.324 e. The fourth-order valence-electron chi connectivity index (χ4n) is 0.887. The van der Waals surface area contributed by atoms with Crippen LogP contribution < -0.4 is 0 Å². The molecule has 0 aliphatic heterocycles. The van der Waals surface area contributed by atoms with E-state index in [4.69, 9.17) is 39.1 Å². The lowest BCUT2D eigenvalue weighted by Gasteiger charge is -2.18. The van der Waals surface area contributed by atoms with Gasteiger partial charge in [0, 0.05) is 0 Å². The van der Waals surface area contributed by atoms with Gasteiger partial charge in [0.25, 0.3) is 0 Å². The molecule has 0 heterocycles. The third kappa shape index (κ3) is 6.10. The summed E-state index contributed by atoms with van der Waals surface area (Å²) < 4.78 is 43.2. The van der Waals surface area contributed by atoms with Gasteiger partial charge in [-0.1, -0.05) is 0 Å². The first-order valence-electron chi connectivity index (χ1n) is 3.92. The number of hydrogen-bond acceptors (Lipinski definition) is 4. The fourth-order valence-corrected chi connectivity index (χ4v) is 5.66. The average Bonchev–Trinajstić information content (AvgIpc) is 1.91. The Morgan fingerprint density at radius 2 is 0.947 bits per heavy atom. The number of rotatable bonds is 5. The number of hydrogen-bond donors (Lipinski definition) is 8. The Hall–Kier alpha value is 0.340. The molecule has 0 aromatic heterocycles. The van der Waals surface area contributed by atoms with E-state index in [0.717, 1.165) is 0 Å². The quantitative estimate of drug-likeness (QED) is 0.271. The van der Waals surface area contributed by atoms with Gasteiger partial charge in [-0.15, -0.1) is 0 Å². The highest BCUT2D eigenvalue weighted by molar-refractivity contribution is 7.77. The molecule has 0 atom stereocenters. The highest BCUT2D eigenvalue weighted by atomic mass is 31.2. The van der Waals surface area contributed by atoms with Gasteiger partial charge >= 0.3 is 30.4 Å². The van der Waals surface area contributed by atoms with E-state index in [1.165, 1.54) is 0 Å². The molecule has 0 saturated heterocycles. The molecule has 19 heavy (non-hydrogen) atoms. The Bertz CT molecular complexity index is 504. The van der Waals surface area contributed by atoms with Crippen LogP contribution in [0.2, 0.25) is 0 Å². The van der Waals surface area contributed by atoms with Crippen LogP contribution in [0, 0.1) is 0 Å². The van der Waals surface area contributed by atoms with Crippen molar-refractivity contribution in [2.24, 2.45) is 0 Å². The van der Waals surface area contributed by atoms with Gasteiger partial charge in [0.1, 0.15) is 0 Å². The van der Waals surface area contributed by atoms with E-state index in [-0.39, 0.29) is 0 Å². The second kappa shape index (κ2) is 5.61. The van der Waals surface area contributed by atoms with Crippen molar-refractivity contribution in [1.82, 2.24) is 0 Å². The number of allylic oxidation sites excluding steroid dienone is 1. The van der Waals surface area contributed by atoms with Crippen molar-refractivity contribution < 1.29 is 57.4 Å². The topological polar surface area (TPSA) is 230 Å². The van der Waals surface area contributed by atoms with Crippen LogP contribution >= 0.6 is 30.4 Å². The van der Waals surface area contributed by atoms with Gasteiger partial charge < -0.3 is 39.1 Å². The summed E-state index contributed by atoms with van der Waals surface area (Å²) in [5.41, 5.74) is 0. The predicted octanol–water partition coefficient (Wildman–Crippen LogP) is -1.14. The Morgan fingerprint density at radius 1 is 0.684 bits per heavy atom. The summed E-state index contributed by atoms with van der Waals surface area (Å²) in [6.45, 7) is 0. The first kappa shape index (κ1) is 19.3. The van der Waals surface area contributed by atoms with Crippen LogP contribution in [-0.2, 0) is 18.3 Å². The molecule has 114 valence electrons. The van der Waals surface area contributed by atoms with Crippen LogP contribution in [0.25, 0.3) is 0 Å². The minimum atomic E-state index is -5.68. The van der Waals surface area contributed by atoms with Crippen molar-refractivity contribution in [1.29, 1.82) is 0 Å². The normalized spacial score (nSPS) is 14.6. The maximum absolute atomic E-state index is 10.8. The van der Waals surface area contributed by atoms with Gasteiger partial charge in [0.2, 0.25) is 0 Å². The third-order valence-electron chi connectivity index (χ3n) is 1.58. The molecule has 8 N–H and O–H groups in total. The minimum absolute atomic E-state index is 0.469. The molecule has 0 aromatic carbocycles. The zero-order valence-corrected chi connectivity index (χ0v) is 12.2. The van der Waals surface area contributed by atoms with E-state index in [1.807, 2.05) is 0 Å². The van der Waals surface area contributed by atoms with Gasteiger partial charge in [-0.3, -0.25) is 18.3 Å². The van der Waals surface area contributed by atoms with Gasteiger partial charge in [0.05, 0.1) is 0 Å². The zero-order valence-electron chi connectivity index (χ0n) is 8.65. The van der Waals surface area contributed by atoms with Gasteiger partial charge in [-0.2, -0.15) is 0 Å². The molecule has 0 fully saturated rings. The molecule has 0 saturated carbocycles. The first-order chi connectivity index (χ1) is 7.97. The standard InChI is InChI=1S/C3H10O12P4/c4-16(5,6)2(17(7,8)9)1-3(18(10,11)12)19(13,14)15/h1-2H,(H2,4,5,6)(H2,7,8,9)(H2,10,11,12)(H2,13,14,15). The molecule has 0 aliphatic carbocycles. The fraction of sp³-hybridized carbons (Fsp3) is 0.333. The van der Waals surface area contributed by atoms with Crippen molar-refractivity contribution in [3.63, 3.8) is 0 Å². The Morgan fingerprint density at radius 3 is 1.11 bits per heavy atom. The molecule has 0 radical (unpaired) electrons. The second-order valence-electron chi connectivity index (χ2n) is 3.20. The molecule has 0 amide bonds. The summed E-state index contributed by atoms with van der Waals surface area (Å²) in [6, 6.07) is 0. The van der Waals surface area contributed by atoms with E-state index in [9.17, 15) is 18.3 Å². The van der Waals surface area contributed by atoms with E-state index in [1.54, 1.807) is 0 Å². The summed E-state index contributed by atoms with van der Waals surface area (Å²) in [5.74, 6) is 0. The summed E-state index contributed by atoms with van der Waals surface area (Å²) in [7, 11) is -22.6. The van der Waals surface area contributed by atoms with Crippen molar-refractivity contribution in [2.45, 2.75) is 5.40 Å². The van der Waals surface area contributed by atoms with Crippen molar-refractivity contribution in [3.05, 3.63) is 11.1 Å². The highest BCUT2D eigenvalue weighted by Crippen LogP contribution is 2.68. The maximum atomic E-state index is 10.8. The molecule has 0 aliphatic rings. The summed E-state index contributed by atoms with van der Waals surface area (Å²) in [4.78, 5) is 69.2. The third-order valence-corrected chi connectivity index (χ3v) is 8.12. The summed E-state index contributed by atoms with van der Waals surface area (Å²) >= 11 is 0. The van der Waals surface area contributed by atoms with E-state index in [0.29, 0.717) is 0 Å². The zero-order chi connectivity index (χ0) is 15.9. The lowest BCUT2D eigenvalue weighted by atomic mass is 10.7.